The van der Waals surface area contributed by atoms with Crippen LogP contribution in [0.4, 0.5) is 0 Å². The summed E-state index contributed by atoms with van der Waals surface area (Å²) >= 11 is 0. The molecule has 6 heteroatoms. The highest BCUT2D eigenvalue weighted by Gasteiger charge is 2.54. The fourth-order valence-electron chi connectivity index (χ4n) is 4.55. The minimum atomic E-state index is -0.181. The van der Waals surface area contributed by atoms with Crippen molar-refractivity contribution >= 4 is 22.8 Å². The van der Waals surface area contributed by atoms with Crippen LogP contribution >= 0.6 is 0 Å². The molecule has 6 nitrogen and oxygen atoms in total. The lowest BCUT2D eigenvalue weighted by molar-refractivity contribution is 0.0668. The first-order chi connectivity index (χ1) is 14.1. The molecule has 1 unspecified atom stereocenters. The average Bonchev–Trinajstić information content (AvgIpc) is 3.24. The summed E-state index contributed by atoms with van der Waals surface area (Å²) in [6, 6.07) is 13.0. The summed E-state index contributed by atoms with van der Waals surface area (Å²) in [6.45, 7) is 2.23. The van der Waals surface area contributed by atoms with E-state index in [1.165, 1.54) is 0 Å². The molecule has 0 radical (unpaired) electrons. The highest BCUT2D eigenvalue weighted by molar-refractivity contribution is 5.96. The number of hydrogen-bond donors (Lipinski definition) is 1. The average molecular weight is 389 g/mol. The van der Waals surface area contributed by atoms with Gasteiger partial charge in [-0.3, -0.25) is 14.6 Å². The van der Waals surface area contributed by atoms with E-state index in [0.717, 1.165) is 43.3 Å². The van der Waals surface area contributed by atoms with Gasteiger partial charge in [-0.2, -0.15) is 0 Å². The summed E-state index contributed by atoms with van der Waals surface area (Å²) in [5, 5.41) is 3.90. The van der Waals surface area contributed by atoms with Gasteiger partial charge in [-0.1, -0.05) is 18.2 Å². The van der Waals surface area contributed by atoms with E-state index in [2.05, 4.69) is 10.3 Å². The number of furan rings is 1. The maximum Gasteiger partial charge on any atom is 0.287 e. The van der Waals surface area contributed by atoms with Crippen molar-refractivity contribution in [1.29, 1.82) is 0 Å². The summed E-state index contributed by atoms with van der Waals surface area (Å²) in [4.78, 5) is 31.0. The molecule has 1 spiro atoms. The van der Waals surface area contributed by atoms with E-state index >= 15 is 0 Å². The number of likely N-dealkylation sites (tertiary alicyclic amines) is 1. The molecule has 1 atom stereocenters. The normalized spacial score (nSPS) is 20.0. The van der Waals surface area contributed by atoms with Gasteiger partial charge in [0.2, 0.25) is 0 Å². The molecule has 5 rings (SSSR count). The standard InChI is InChI=1S/C23H23N3O3/c27-21(19-12-17-6-9-24-15-20(17)29-19)25-14-18-13-23(18)7-10-26(11-8-23)22(28)16-4-2-1-3-5-16/h1-6,9,12,15,18H,7-8,10-11,13-14H2,(H,25,27). The number of nitrogens with one attached hydrogen (secondary N) is 1. The van der Waals surface area contributed by atoms with Crippen LogP contribution in [0.25, 0.3) is 11.0 Å². The number of carbonyl (C=O) groups is 2. The number of hydrogen-bond acceptors (Lipinski definition) is 4. The molecule has 1 saturated heterocycles. The number of amides is 2. The Morgan fingerprint density at radius 1 is 1.17 bits per heavy atom. The number of pyridine rings is 1. The molecule has 2 aromatic heterocycles. The summed E-state index contributed by atoms with van der Waals surface area (Å²) in [5.41, 5.74) is 1.65. The van der Waals surface area contributed by atoms with Crippen molar-refractivity contribution < 1.29 is 14.0 Å². The van der Waals surface area contributed by atoms with Gasteiger partial charge in [-0.25, -0.2) is 0 Å². The van der Waals surface area contributed by atoms with Crippen LogP contribution in [0.15, 0.2) is 59.3 Å². The van der Waals surface area contributed by atoms with Crippen molar-refractivity contribution in [2.24, 2.45) is 11.3 Å². The monoisotopic (exact) mass is 389 g/mol. The van der Waals surface area contributed by atoms with E-state index < -0.39 is 0 Å². The Morgan fingerprint density at radius 2 is 1.97 bits per heavy atom. The van der Waals surface area contributed by atoms with Crippen molar-refractivity contribution in [1.82, 2.24) is 15.2 Å². The molecular formula is C23H23N3O3. The number of aromatic nitrogens is 1. The summed E-state index contributed by atoms with van der Waals surface area (Å²) in [5.74, 6) is 0.739. The van der Waals surface area contributed by atoms with E-state index in [1.54, 1.807) is 18.5 Å². The van der Waals surface area contributed by atoms with Gasteiger partial charge in [-0.05, 0) is 54.9 Å². The Labute approximate surface area is 168 Å². The summed E-state index contributed by atoms with van der Waals surface area (Å²) in [7, 11) is 0. The van der Waals surface area contributed by atoms with Gasteiger partial charge in [0.1, 0.15) is 0 Å². The first kappa shape index (κ1) is 17.9. The number of nitrogens with zero attached hydrogens (tertiary/aromatic N) is 2. The van der Waals surface area contributed by atoms with E-state index in [0.29, 0.717) is 23.8 Å². The molecule has 1 aromatic carbocycles. The van der Waals surface area contributed by atoms with Gasteiger partial charge in [0.25, 0.3) is 11.8 Å². The Morgan fingerprint density at radius 3 is 2.72 bits per heavy atom. The maximum atomic E-state index is 12.6. The van der Waals surface area contributed by atoms with Crippen LogP contribution in [0.5, 0.6) is 0 Å². The molecule has 3 aromatic rings. The van der Waals surface area contributed by atoms with E-state index in [-0.39, 0.29) is 17.2 Å². The molecule has 2 amide bonds. The predicted molar refractivity (Wildman–Crippen MR) is 108 cm³/mol. The largest absolute Gasteiger partial charge is 0.449 e. The molecule has 0 bridgehead atoms. The van der Waals surface area contributed by atoms with Crippen LogP contribution < -0.4 is 5.32 Å². The zero-order valence-electron chi connectivity index (χ0n) is 16.1. The maximum absolute atomic E-state index is 12.6. The molecule has 29 heavy (non-hydrogen) atoms. The summed E-state index contributed by atoms with van der Waals surface area (Å²) in [6.07, 6.45) is 6.42. The van der Waals surface area contributed by atoms with E-state index in [4.69, 9.17) is 4.42 Å². The second-order valence-electron chi connectivity index (χ2n) is 8.16. The number of rotatable bonds is 4. The summed E-state index contributed by atoms with van der Waals surface area (Å²) < 4.78 is 5.58. The van der Waals surface area contributed by atoms with Crippen LogP contribution in [-0.4, -0.2) is 41.3 Å². The first-order valence-corrected chi connectivity index (χ1v) is 10.1. The van der Waals surface area contributed by atoms with Gasteiger partial charge in [-0.15, -0.1) is 0 Å². The van der Waals surface area contributed by atoms with Crippen LogP contribution in [0, 0.1) is 11.3 Å². The van der Waals surface area contributed by atoms with Crippen LogP contribution in [0.2, 0.25) is 0 Å². The van der Waals surface area contributed by atoms with Crippen LogP contribution in [0.1, 0.15) is 40.2 Å². The Kier molecular flexibility index (Phi) is 4.34. The third-order valence-corrected chi connectivity index (χ3v) is 6.48. The quantitative estimate of drug-likeness (QED) is 0.741. The van der Waals surface area contributed by atoms with E-state index in [1.807, 2.05) is 41.3 Å². The zero-order chi connectivity index (χ0) is 19.8. The highest BCUT2D eigenvalue weighted by atomic mass is 16.3. The molecule has 1 aliphatic heterocycles. The lowest BCUT2D eigenvalue weighted by Crippen LogP contribution is -2.40. The molecule has 3 heterocycles. The minimum absolute atomic E-state index is 0.116. The smallest absolute Gasteiger partial charge is 0.287 e. The molecule has 1 saturated carbocycles. The SMILES string of the molecule is O=C(NCC1CC12CCN(C(=O)c1ccccc1)CC2)c1cc2ccncc2o1. The van der Waals surface area contributed by atoms with Crippen molar-refractivity contribution in [2.75, 3.05) is 19.6 Å². The Hall–Kier alpha value is -3.15. The zero-order valence-corrected chi connectivity index (χ0v) is 16.1. The Bertz CT molecular complexity index is 1020. The van der Waals surface area contributed by atoms with Crippen molar-refractivity contribution in [3.63, 3.8) is 0 Å². The molecule has 1 aliphatic carbocycles. The molecule has 2 fully saturated rings. The molecule has 1 N–H and O–H groups in total. The molecule has 2 aliphatic rings. The first-order valence-electron chi connectivity index (χ1n) is 10.1. The molecular weight excluding hydrogens is 366 g/mol. The molecule has 148 valence electrons. The van der Waals surface area contributed by atoms with E-state index in [9.17, 15) is 9.59 Å². The Balaban J connectivity index is 1.14. The fourth-order valence-corrected chi connectivity index (χ4v) is 4.55. The third-order valence-electron chi connectivity index (χ3n) is 6.48. The van der Waals surface area contributed by atoms with Crippen molar-refractivity contribution in [3.8, 4) is 0 Å². The van der Waals surface area contributed by atoms with Crippen LogP contribution in [-0.2, 0) is 0 Å². The van der Waals surface area contributed by atoms with Gasteiger partial charge < -0.3 is 14.6 Å². The fraction of sp³-hybridized carbons (Fsp3) is 0.348. The van der Waals surface area contributed by atoms with Gasteiger partial charge >= 0.3 is 0 Å². The second kappa shape index (κ2) is 7.03. The van der Waals surface area contributed by atoms with Crippen molar-refractivity contribution in [2.45, 2.75) is 19.3 Å². The lowest BCUT2D eigenvalue weighted by Gasteiger charge is -2.33. The van der Waals surface area contributed by atoms with Crippen LogP contribution in [0.3, 0.4) is 0 Å². The van der Waals surface area contributed by atoms with Gasteiger partial charge in [0.15, 0.2) is 11.3 Å². The topological polar surface area (TPSA) is 75.4 Å². The minimum Gasteiger partial charge on any atom is -0.449 e. The number of piperidine rings is 1. The second-order valence-corrected chi connectivity index (χ2v) is 8.16. The highest BCUT2D eigenvalue weighted by Crippen LogP contribution is 2.59. The predicted octanol–water partition coefficient (Wildman–Crippen LogP) is 3.50. The van der Waals surface area contributed by atoms with Gasteiger partial charge in [0, 0.05) is 36.8 Å². The number of carbonyl (C=O) groups excluding carboxylic acids is 2. The number of fused-ring (bicyclic) bond motifs is 1. The lowest BCUT2D eigenvalue weighted by atomic mass is 9.90. The third kappa shape index (κ3) is 3.39. The van der Waals surface area contributed by atoms with Crippen molar-refractivity contribution in [3.05, 3.63) is 66.2 Å². The van der Waals surface area contributed by atoms with Gasteiger partial charge in [0.05, 0.1) is 6.20 Å². The number of benzene rings is 1.